The molecule has 1 atom stereocenters. The molecule has 0 saturated heterocycles. The van der Waals surface area contributed by atoms with E-state index in [2.05, 4.69) is 24.4 Å². The predicted molar refractivity (Wildman–Crippen MR) is 31.2 cm³/mol. The number of hydrogen-bond acceptors (Lipinski definition) is 1. The van der Waals surface area contributed by atoms with Gasteiger partial charge in [-0.1, -0.05) is 19.1 Å². The molecular formula is C6H11N. The standard InChI is InChI=1S/C6H11N/c1-2-7-6-4-3-5-6/h3-4,6-7H,2,5H2,1H3. The summed E-state index contributed by atoms with van der Waals surface area (Å²) in [6.45, 7) is 3.22. The summed E-state index contributed by atoms with van der Waals surface area (Å²) in [6.07, 6.45) is 5.62. The van der Waals surface area contributed by atoms with Crippen molar-refractivity contribution >= 4 is 0 Å². The Hall–Kier alpha value is -0.300. The number of nitrogens with one attached hydrogen (secondary N) is 1. The Balaban J connectivity index is 2.06. The molecule has 1 nitrogen and oxygen atoms in total. The van der Waals surface area contributed by atoms with Gasteiger partial charge in [-0.2, -0.15) is 0 Å². The van der Waals surface area contributed by atoms with E-state index in [-0.39, 0.29) is 0 Å². The van der Waals surface area contributed by atoms with E-state index in [0.29, 0.717) is 6.04 Å². The van der Waals surface area contributed by atoms with Crippen molar-refractivity contribution in [3.63, 3.8) is 0 Å². The largest absolute Gasteiger partial charge is 0.310 e. The summed E-state index contributed by atoms with van der Waals surface area (Å²) in [5.41, 5.74) is 0. The summed E-state index contributed by atoms with van der Waals surface area (Å²) in [6, 6.07) is 0.699. The van der Waals surface area contributed by atoms with Crippen molar-refractivity contribution in [3.8, 4) is 0 Å². The van der Waals surface area contributed by atoms with Crippen LogP contribution in [0, 0.1) is 0 Å². The quantitative estimate of drug-likeness (QED) is 0.505. The second-order valence-corrected chi connectivity index (χ2v) is 1.83. The topological polar surface area (TPSA) is 12.0 Å². The van der Waals surface area contributed by atoms with E-state index in [0.717, 1.165) is 6.54 Å². The van der Waals surface area contributed by atoms with Crippen molar-refractivity contribution in [2.75, 3.05) is 6.54 Å². The lowest BCUT2D eigenvalue weighted by Gasteiger charge is -2.17. The van der Waals surface area contributed by atoms with Crippen molar-refractivity contribution in [1.29, 1.82) is 0 Å². The first kappa shape index (κ1) is 4.85. The zero-order valence-electron chi connectivity index (χ0n) is 4.65. The molecule has 1 N–H and O–H groups in total. The third-order valence-electron chi connectivity index (χ3n) is 1.22. The van der Waals surface area contributed by atoms with Gasteiger partial charge in [0, 0.05) is 6.04 Å². The molecule has 1 aliphatic rings. The van der Waals surface area contributed by atoms with Gasteiger partial charge < -0.3 is 5.32 Å². The van der Waals surface area contributed by atoms with Gasteiger partial charge in [0.25, 0.3) is 0 Å². The van der Waals surface area contributed by atoms with Gasteiger partial charge in [-0.05, 0) is 13.0 Å². The maximum absolute atomic E-state index is 3.30. The van der Waals surface area contributed by atoms with Crippen LogP contribution >= 0.6 is 0 Å². The van der Waals surface area contributed by atoms with Crippen molar-refractivity contribution in [1.82, 2.24) is 5.32 Å². The summed E-state index contributed by atoms with van der Waals surface area (Å²) < 4.78 is 0. The van der Waals surface area contributed by atoms with Gasteiger partial charge in [-0.25, -0.2) is 0 Å². The summed E-state index contributed by atoms with van der Waals surface area (Å²) in [5, 5.41) is 3.30. The van der Waals surface area contributed by atoms with E-state index < -0.39 is 0 Å². The van der Waals surface area contributed by atoms with Crippen LogP contribution in [0.2, 0.25) is 0 Å². The fourth-order valence-corrected chi connectivity index (χ4v) is 0.686. The molecule has 7 heavy (non-hydrogen) atoms. The van der Waals surface area contributed by atoms with Crippen molar-refractivity contribution < 1.29 is 0 Å². The maximum Gasteiger partial charge on any atom is 0.0284 e. The SMILES string of the molecule is CCNC1C=CC1. The van der Waals surface area contributed by atoms with Crippen LogP contribution in [0.25, 0.3) is 0 Å². The van der Waals surface area contributed by atoms with Crippen LogP contribution in [-0.4, -0.2) is 12.6 Å². The molecule has 0 aromatic heterocycles. The van der Waals surface area contributed by atoms with Gasteiger partial charge >= 0.3 is 0 Å². The number of hydrogen-bond donors (Lipinski definition) is 1. The van der Waals surface area contributed by atoms with E-state index in [9.17, 15) is 0 Å². The van der Waals surface area contributed by atoms with Crippen molar-refractivity contribution in [2.24, 2.45) is 0 Å². The summed E-state index contributed by atoms with van der Waals surface area (Å²) in [4.78, 5) is 0. The minimum atomic E-state index is 0.699. The maximum atomic E-state index is 3.30. The summed E-state index contributed by atoms with van der Waals surface area (Å²) >= 11 is 0. The molecule has 0 aromatic carbocycles. The van der Waals surface area contributed by atoms with Crippen LogP contribution < -0.4 is 5.32 Å². The first-order valence-electron chi connectivity index (χ1n) is 2.83. The average molecular weight is 97.2 g/mol. The highest BCUT2D eigenvalue weighted by molar-refractivity contribution is 5.06. The Bertz CT molecular complexity index is 76.2. The van der Waals surface area contributed by atoms with Crippen LogP contribution in [0.5, 0.6) is 0 Å². The molecule has 1 unspecified atom stereocenters. The molecular weight excluding hydrogens is 86.1 g/mol. The first-order valence-corrected chi connectivity index (χ1v) is 2.83. The highest BCUT2D eigenvalue weighted by atomic mass is 14.9. The molecule has 1 aliphatic carbocycles. The smallest absolute Gasteiger partial charge is 0.0284 e. The van der Waals surface area contributed by atoms with E-state index in [1.54, 1.807) is 0 Å². The first-order chi connectivity index (χ1) is 3.43. The van der Waals surface area contributed by atoms with E-state index in [4.69, 9.17) is 0 Å². The third kappa shape index (κ3) is 1.03. The van der Waals surface area contributed by atoms with Crippen LogP contribution in [0.1, 0.15) is 13.3 Å². The lowest BCUT2D eigenvalue weighted by Crippen LogP contribution is -2.29. The van der Waals surface area contributed by atoms with Gasteiger partial charge in [0.05, 0.1) is 0 Å². The molecule has 0 bridgehead atoms. The van der Waals surface area contributed by atoms with Gasteiger partial charge in [0.2, 0.25) is 0 Å². The highest BCUT2D eigenvalue weighted by Crippen LogP contribution is 2.05. The van der Waals surface area contributed by atoms with Crippen molar-refractivity contribution in [3.05, 3.63) is 12.2 Å². The second-order valence-electron chi connectivity index (χ2n) is 1.83. The van der Waals surface area contributed by atoms with E-state index >= 15 is 0 Å². The minimum absolute atomic E-state index is 0.699. The Morgan fingerprint density at radius 3 is 2.71 bits per heavy atom. The molecule has 0 fully saturated rings. The molecule has 0 radical (unpaired) electrons. The minimum Gasteiger partial charge on any atom is -0.310 e. The van der Waals surface area contributed by atoms with Crippen molar-refractivity contribution in [2.45, 2.75) is 19.4 Å². The monoisotopic (exact) mass is 97.1 g/mol. The lowest BCUT2D eigenvalue weighted by atomic mass is 10.1. The summed E-state index contributed by atoms with van der Waals surface area (Å²) in [5.74, 6) is 0. The Morgan fingerprint density at radius 1 is 1.86 bits per heavy atom. The van der Waals surface area contributed by atoms with E-state index in [1.807, 2.05) is 0 Å². The second kappa shape index (κ2) is 2.12. The van der Waals surface area contributed by atoms with Gasteiger partial charge in [0.15, 0.2) is 0 Å². The Kier molecular flexibility index (Phi) is 1.47. The molecule has 0 spiro atoms. The van der Waals surface area contributed by atoms with Gasteiger partial charge in [0.1, 0.15) is 0 Å². The molecule has 1 rings (SSSR count). The third-order valence-corrected chi connectivity index (χ3v) is 1.22. The zero-order chi connectivity index (χ0) is 5.11. The predicted octanol–water partition coefficient (Wildman–Crippen LogP) is 0.924. The van der Waals surface area contributed by atoms with Crippen LogP contribution in [0.15, 0.2) is 12.2 Å². The molecule has 1 heteroatoms. The fourth-order valence-electron chi connectivity index (χ4n) is 0.686. The molecule has 0 amide bonds. The Morgan fingerprint density at radius 2 is 2.57 bits per heavy atom. The van der Waals surface area contributed by atoms with Crippen LogP contribution in [0.3, 0.4) is 0 Å². The number of rotatable bonds is 2. The lowest BCUT2D eigenvalue weighted by molar-refractivity contribution is 0.587. The average Bonchev–Trinajstić information content (AvgIpc) is 1.55. The fraction of sp³-hybridized carbons (Fsp3) is 0.667. The normalized spacial score (nSPS) is 27.3. The van der Waals surface area contributed by atoms with E-state index in [1.165, 1.54) is 6.42 Å². The zero-order valence-corrected chi connectivity index (χ0v) is 4.65. The molecule has 0 saturated carbocycles. The highest BCUT2D eigenvalue weighted by Gasteiger charge is 2.05. The number of likely N-dealkylation sites (N-methyl/N-ethyl adjacent to an activating group) is 1. The summed E-state index contributed by atoms with van der Waals surface area (Å²) in [7, 11) is 0. The van der Waals surface area contributed by atoms with Crippen LogP contribution in [0.4, 0.5) is 0 Å². The van der Waals surface area contributed by atoms with Crippen LogP contribution in [-0.2, 0) is 0 Å². The molecule has 0 aromatic rings. The van der Waals surface area contributed by atoms with Gasteiger partial charge in [-0.15, -0.1) is 0 Å². The Labute approximate surface area is 44.4 Å². The van der Waals surface area contributed by atoms with Gasteiger partial charge in [-0.3, -0.25) is 0 Å². The molecule has 0 aliphatic heterocycles. The molecule has 40 valence electrons. The molecule has 0 heterocycles.